The second-order valence-corrected chi connectivity index (χ2v) is 5.68. The molecule has 0 saturated heterocycles. The molecule has 8 nitrogen and oxygen atoms in total. The number of aromatic amines is 1. The van der Waals surface area contributed by atoms with Gasteiger partial charge in [0, 0.05) is 31.9 Å². The molecule has 9 heteroatoms. The predicted molar refractivity (Wildman–Crippen MR) is 88.8 cm³/mol. The van der Waals surface area contributed by atoms with Crippen LogP contribution in [-0.4, -0.2) is 51.7 Å². The van der Waals surface area contributed by atoms with Gasteiger partial charge >= 0.3 is 0 Å². The van der Waals surface area contributed by atoms with E-state index in [0.717, 1.165) is 0 Å². The summed E-state index contributed by atoms with van der Waals surface area (Å²) in [4.78, 5) is 20.6. The van der Waals surface area contributed by atoms with Gasteiger partial charge in [0.1, 0.15) is 11.5 Å². The van der Waals surface area contributed by atoms with Crippen molar-refractivity contribution >= 4 is 17.3 Å². The minimum atomic E-state index is -0.331. The number of amides is 1. The van der Waals surface area contributed by atoms with Crippen LogP contribution in [0.1, 0.15) is 10.5 Å². The van der Waals surface area contributed by atoms with Gasteiger partial charge in [-0.1, -0.05) is 0 Å². The van der Waals surface area contributed by atoms with Crippen molar-refractivity contribution in [2.24, 2.45) is 0 Å². The Balaban J connectivity index is 1.64. The van der Waals surface area contributed by atoms with Crippen molar-refractivity contribution in [2.45, 2.75) is 0 Å². The van der Waals surface area contributed by atoms with E-state index in [1.165, 1.54) is 18.3 Å². The summed E-state index contributed by atoms with van der Waals surface area (Å²) < 4.78 is 13.5. The molecule has 1 aliphatic rings. The molecule has 2 aromatic heterocycles. The lowest BCUT2D eigenvalue weighted by atomic mass is 10.1. The fraction of sp³-hybridized carbons (Fsp3) is 0.188. The molecular formula is C16H14FN7O. The van der Waals surface area contributed by atoms with Gasteiger partial charge in [0.05, 0.1) is 11.4 Å². The number of tetrazole rings is 1. The summed E-state index contributed by atoms with van der Waals surface area (Å²) in [6.45, 7) is 1.12. The summed E-state index contributed by atoms with van der Waals surface area (Å²) >= 11 is 0. The highest BCUT2D eigenvalue weighted by Crippen LogP contribution is 2.33. The van der Waals surface area contributed by atoms with E-state index in [4.69, 9.17) is 0 Å². The van der Waals surface area contributed by atoms with E-state index in [1.54, 1.807) is 23.1 Å². The van der Waals surface area contributed by atoms with Crippen LogP contribution in [0.25, 0.3) is 11.4 Å². The third kappa shape index (κ3) is 2.69. The molecule has 0 fully saturated rings. The summed E-state index contributed by atoms with van der Waals surface area (Å²) in [6, 6.07) is 7.74. The van der Waals surface area contributed by atoms with Gasteiger partial charge < -0.3 is 9.80 Å². The summed E-state index contributed by atoms with van der Waals surface area (Å²) in [6.07, 6.45) is 1.53. The van der Waals surface area contributed by atoms with Gasteiger partial charge in [0.2, 0.25) is 5.82 Å². The van der Waals surface area contributed by atoms with Crippen LogP contribution in [0.2, 0.25) is 0 Å². The number of aromatic nitrogens is 5. The fourth-order valence-electron chi connectivity index (χ4n) is 2.81. The molecule has 0 saturated carbocycles. The molecule has 126 valence electrons. The maximum absolute atomic E-state index is 13.5. The van der Waals surface area contributed by atoms with Crippen molar-refractivity contribution in [3.8, 4) is 11.4 Å². The van der Waals surface area contributed by atoms with Crippen molar-refractivity contribution in [1.29, 1.82) is 0 Å². The Kier molecular flexibility index (Phi) is 3.60. The van der Waals surface area contributed by atoms with Crippen molar-refractivity contribution in [3.63, 3.8) is 0 Å². The highest BCUT2D eigenvalue weighted by molar-refractivity contribution is 6.07. The van der Waals surface area contributed by atoms with Gasteiger partial charge in [-0.3, -0.25) is 9.78 Å². The van der Waals surface area contributed by atoms with Gasteiger partial charge in [-0.05, 0) is 35.5 Å². The maximum Gasteiger partial charge on any atom is 0.276 e. The number of hydrogen-bond acceptors (Lipinski definition) is 6. The molecule has 0 spiro atoms. The zero-order valence-corrected chi connectivity index (χ0v) is 13.3. The van der Waals surface area contributed by atoms with Crippen LogP contribution in [-0.2, 0) is 0 Å². The fourth-order valence-corrected chi connectivity index (χ4v) is 2.81. The quantitative estimate of drug-likeness (QED) is 0.761. The van der Waals surface area contributed by atoms with Crippen LogP contribution in [0, 0.1) is 5.82 Å². The Hall–Kier alpha value is -3.36. The molecule has 4 rings (SSSR count). The number of fused-ring (bicyclic) bond motifs is 1. The number of H-pyrrole nitrogens is 1. The third-order valence-electron chi connectivity index (χ3n) is 4.13. The smallest absolute Gasteiger partial charge is 0.276 e. The van der Waals surface area contributed by atoms with Crippen LogP contribution in [0.5, 0.6) is 0 Å². The van der Waals surface area contributed by atoms with Gasteiger partial charge in [-0.25, -0.2) is 4.39 Å². The molecule has 0 aliphatic carbocycles. The average molecular weight is 339 g/mol. The van der Waals surface area contributed by atoms with Gasteiger partial charge in [0.15, 0.2) is 0 Å². The SMILES string of the molecule is CN1CCN(C(=O)c2ccc(-c3nn[nH]n3)cn2)c2ccc(F)cc21. The zero-order valence-electron chi connectivity index (χ0n) is 13.3. The Morgan fingerprint density at radius 1 is 1.20 bits per heavy atom. The lowest BCUT2D eigenvalue weighted by molar-refractivity contribution is 0.0982. The molecule has 3 heterocycles. The predicted octanol–water partition coefficient (Wildman–Crippen LogP) is 1.50. The Morgan fingerprint density at radius 2 is 2.08 bits per heavy atom. The molecule has 1 amide bonds. The number of anilines is 2. The molecule has 1 aromatic carbocycles. The van der Waals surface area contributed by atoms with E-state index in [0.29, 0.717) is 41.5 Å². The Morgan fingerprint density at radius 3 is 2.80 bits per heavy atom. The molecule has 0 unspecified atom stereocenters. The number of carbonyl (C=O) groups is 1. The monoisotopic (exact) mass is 339 g/mol. The number of hydrogen-bond donors (Lipinski definition) is 1. The lowest BCUT2D eigenvalue weighted by Gasteiger charge is -2.35. The first-order valence-electron chi connectivity index (χ1n) is 7.66. The van der Waals surface area contributed by atoms with Gasteiger partial charge in [-0.15, -0.1) is 10.2 Å². The van der Waals surface area contributed by atoms with Crippen molar-refractivity contribution in [3.05, 3.63) is 48.0 Å². The first-order valence-corrected chi connectivity index (χ1v) is 7.66. The Labute approximate surface area is 142 Å². The number of nitrogens with one attached hydrogen (secondary N) is 1. The van der Waals surface area contributed by atoms with E-state index in [1.807, 2.05) is 11.9 Å². The molecular weight excluding hydrogens is 325 g/mol. The van der Waals surface area contributed by atoms with E-state index >= 15 is 0 Å². The van der Waals surface area contributed by atoms with E-state index in [9.17, 15) is 9.18 Å². The molecule has 1 aliphatic heterocycles. The highest BCUT2D eigenvalue weighted by Gasteiger charge is 2.27. The molecule has 0 bridgehead atoms. The minimum Gasteiger partial charge on any atom is -0.371 e. The van der Waals surface area contributed by atoms with E-state index < -0.39 is 0 Å². The normalized spacial score (nSPS) is 13.7. The number of benzene rings is 1. The van der Waals surface area contributed by atoms with E-state index in [2.05, 4.69) is 25.6 Å². The number of nitrogens with zero attached hydrogens (tertiary/aromatic N) is 6. The standard InChI is InChI=1S/C16H14FN7O/c1-23-6-7-24(13-5-3-11(17)8-14(13)23)16(25)12-4-2-10(9-18-12)15-19-21-22-20-15/h2-5,8-9H,6-7H2,1H3,(H,19,20,21,22). The maximum atomic E-state index is 13.5. The largest absolute Gasteiger partial charge is 0.371 e. The number of rotatable bonds is 2. The molecule has 3 aromatic rings. The molecule has 0 atom stereocenters. The Bertz CT molecular complexity index is 911. The van der Waals surface area contributed by atoms with Crippen LogP contribution in [0.15, 0.2) is 36.5 Å². The van der Waals surface area contributed by atoms with Gasteiger partial charge in [-0.2, -0.15) is 5.21 Å². The van der Waals surface area contributed by atoms with Crippen molar-refractivity contribution < 1.29 is 9.18 Å². The first-order chi connectivity index (χ1) is 12.1. The minimum absolute atomic E-state index is 0.236. The summed E-state index contributed by atoms with van der Waals surface area (Å²) in [5, 5.41) is 13.6. The topological polar surface area (TPSA) is 90.9 Å². The second-order valence-electron chi connectivity index (χ2n) is 5.68. The summed E-state index contributed by atoms with van der Waals surface area (Å²) in [7, 11) is 1.87. The average Bonchev–Trinajstić information content (AvgIpc) is 3.17. The number of pyridine rings is 1. The number of halogens is 1. The van der Waals surface area contributed by atoms with Crippen LogP contribution >= 0.6 is 0 Å². The number of likely N-dealkylation sites (N-methyl/N-ethyl adjacent to an activating group) is 1. The van der Waals surface area contributed by atoms with Crippen LogP contribution in [0.4, 0.5) is 15.8 Å². The van der Waals surface area contributed by atoms with Crippen molar-refractivity contribution in [1.82, 2.24) is 25.6 Å². The molecule has 1 N–H and O–H groups in total. The molecule has 0 radical (unpaired) electrons. The van der Waals surface area contributed by atoms with E-state index in [-0.39, 0.29) is 11.7 Å². The summed E-state index contributed by atoms with van der Waals surface area (Å²) in [5.74, 6) is -0.157. The first kappa shape index (κ1) is 15.2. The molecule has 25 heavy (non-hydrogen) atoms. The van der Waals surface area contributed by atoms with Crippen LogP contribution < -0.4 is 9.80 Å². The third-order valence-corrected chi connectivity index (χ3v) is 4.13. The second kappa shape index (κ2) is 5.93. The lowest BCUT2D eigenvalue weighted by Crippen LogP contribution is -2.43. The van der Waals surface area contributed by atoms with Gasteiger partial charge in [0.25, 0.3) is 5.91 Å². The van der Waals surface area contributed by atoms with Crippen molar-refractivity contribution in [2.75, 3.05) is 29.9 Å². The number of carbonyl (C=O) groups excluding carboxylic acids is 1. The highest BCUT2D eigenvalue weighted by atomic mass is 19.1. The summed E-state index contributed by atoms with van der Waals surface area (Å²) in [5.41, 5.74) is 2.31. The zero-order chi connectivity index (χ0) is 17.4. The van der Waals surface area contributed by atoms with Crippen LogP contribution in [0.3, 0.4) is 0 Å².